The molecule has 2 heterocycles. The Morgan fingerprint density at radius 1 is 1.18 bits per heavy atom. The van der Waals surface area contributed by atoms with Crippen molar-refractivity contribution in [2.45, 2.75) is 47.1 Å². The fourth-order valence-corrected chi connectivity index (χ4v) is 3.04. The second-order valence-electron chi connectivity index (χ2n) is 5.93. The fraction of sp³-hybridized carbons (Fsp3) is 0.412. The summed E-state index contributed by atoms with van der Waals surface area (Å²) in [6.45, 7) is 9.31. The van der Waals surface area contributed by atoms with Crippen molar-refractivity contribution >= 4 is 11.3 Å². The van der Waals surface area contributed by atoms with Crippen LogP contribution in [-0.4, -0.2) is 19.4 Å². The van der Waals surface area contributed by atoms with Gasteiger partial charge in [-0.3, -0.25) is 0 Å². The van der Waals surface area contributed by atoms with E-state index in [9.17, 15) is 0 Å². The highest BCUT2D eigenvalue weighted by Gasteiger charge is 2.18. The van der Waals surface area contributed by atoms with Gasteiger partial charge >= 0.3 is 0 Å². The SMILES string of the molecule is CCCCn1nc(-c2c(C)cc(C)c(N)c2C)n2nccc12. The van der Waals surface area contributed by atoms with Gasteiger partial charge in [-0.2, -0.15) is 14.7 Å². The maximum absolute atomic E-state index is 6.23. The average molecular weight is 297 g/mol. The quantitative estimate of drug-likeness (QED) is 0.750. The van der Waals surface area contributed by atoms with Crippen molar-refractivity contribution in [2.75, 3.05) is 5.73 Å². The molecule has 0 aliphatic rings. The maximum Gasteiger partial charge on any atom is 0.183 e. The van der Waals surface area contributed by atoms with Crippen LogP contribution in [0.5, 0.6) is 0 Å². The smallest absolute Gasteiger partial charge is 0.183 e. The van der Waals surface area contributed by atoms with Gasteiger partial charge in [-0.25, -0.2) is 4.68 Å². The molecule has 0 saturated carbocycles. The molecule has 22 heavy (non-hydrogen) atoms. The molecule has 2 aromatic heterocycles. The van der Waals surface area contributed by atoms with Gasteiger partial charge in [0.05, 0.1) is 6.20 Å². The van der Waals surface area contributed by atoms with Gasteiger partial charge in [0.2, 0.25) is 0 Å². The lowest BCUT2D eigenvalue weighted by atomic mass is 9.97. The molecule has 0 fully saturated rings. The van der Waals surface area contributed by atoms with E-state index in [-0.39, 0.29) is 0 Å². The Labute approximate surface area is 130 Å². The molecular weight excluding hydrogens is 274 g/mol. The Morgan fingerprint density at radius 2 is 1.95 bits per heavy atom. The van der Waals surface area contributed by atoms with Crippen molar-refractivity contribution in [3.63, 3.8) is 0 Å². The van der Waals surface area contributed by atoms with Crippen LogP contribution in [0.3, 0.4) is 0 Å². The first-order chi connectivity index (χ1) is 10.5. The van der Waals surface area contributed by atoms with E-state index in [1.165, 1.54) is 5.56 Å². The maximum atomic E-state index is 6.23. The van der Waals surface area contributed by atoms with Gasteiger partial charge in [-0.15, -0.1) is 0 Å². The number of nitrogen functional groups attached to an aromatic ring is 1. The molecule has 0 aliphatic carbocycles. The predicted molar refractivity (Wildman–Crippen MR) is 89.9 cm³/mol. The number of aryl methyl sites for hydroxylation is 3. The molecule has 0 saturated heterocycles. The molecule has 0 unspecified atom stereocenters. The van der Waals surface area contributed by atoms with Gasteiger partial charge in [-0.05, 0) is 43.9 Å². The van der Waals surface area contributed by atoms with Crippen molar-refractivity contribution in [3.05, 3.63) is 35.0 Å². The Bertz CT molecular complexity index is 825. The molecule has 5 nitrogen and oxygen atoms in total. The standard InChI is InChI=1S/C17H23N5/c1-5-6-9-21-14-7-8-19-22(14)17(20-21)15-11(2)10-12(3)16(18)13(15)4/h7-8,10H,5-6,9,18H2,1-4H3. The van der Waals surface area contributed by atoms with Crippen LogP contribution in [0.25, 0.3) is 17.0 Å². The predicted octanol–water partition coefficient (Wildman–Crippen LogP) is 3.51. The van der Waals surface area contributed by atoms with Gasteiger partial charge in [0.25, 0.3) is 0 Å². The Kier molecular flexibility index (Phi) is 3.64. The van der Waals surface area contributed by atoms with Crippen LogP contribution < -0.4 is 5.73 Å². The zero-order chi connectivity index (χ0) is 15.9. The lowest BCUT2D eigenvalue weighted by Crippen LogP contribution is -2.02. The number of benzene rings is 1. The fourth-order valence-electron chi connectivity index (χ4n) is 3.04. The van der Waals surface area contributed by atoms with E-state index in [4.69, 9.17) is 10.8 Å². The van der Waals surface area contributed by atoms with Crippen molar-refractivity contribution in [1.82, 2.24) is 19.4 Å². The second-order valence-corrected chi connectivity index (χ2v) is 5.93. The van der Waals surface area contributed by atoms with Gasteiger partial charge in [0.15, 0.2) is 11.5 Å². The third kappa shape index (κ3) is 2.17. The molecule has 116 valence electrons. The third-order valence-corrected chi connectivity index (χ3v) is 4.28. The van der Waals surface area contributed by atoms with E-state index in [0.717, 1.165) is 53.2 Å². The molecule has 3 aromatic rings. The number of aromatic nitrogens is 4. The highest BCUT2D eigenvalue weighted by Crippen LogP contribution is 2.32. The lowest BCUT2D eigenvalue weighted by Gasteiger charge is -2.12. The monoisotopic (exact) mass is 297 g/mol. The van der Waals surface area contributed by atoms with Gasteiger partial charge < -0.3 is 5.73 Å². The first-order valence-electron chi connectivity index (χ1n) is 7.81. The second kappa shape index (κ2) is 5.48. The van der Waals surface area contributed by atoms with Crippen LogP contribution in [0.15, 0.2) is 18.3 Å². The van der Waals surface area contributed by atoms with E-state index >= 15 is 0 Å². The Hall–Kier alpha value is -2.30. The molecule has 3 rings (SSSR count). The summed E-state index contributed by atoms with van der Waals surface area (Å²) in [7, 11) is 0. The van der Waals surface area contributed by atoms with Crippen molar-refractivity contribution < 1.29 is 0 Å². The van der Waals surface area contributed by atoms with E-state index in [1.54, 1.807) is 0 Å². The molecule has 0 aliphatic heterocycles. The minimum atomic E-state index is 0.837. The van der Waals surface area contributed by atoms with Crippen molar-refractivity contribution in [1.29, 1.82) is 0 Å². The van der Waals surface area contributed by atoms with Crippen LogP contribution in [-0.2, 0) is 6.54 Å². The molecule has 0 bridgehead atoms. The van der Waals surface area contributed by atoms with Gasteiger partial charge in [-0.1, -0.05) is 19.4 Å². The van der Waals surface area contributed by atoms with Crippen LogP contribution in [0, 0.1) is 20.8 Å². The van der Waals surface area contributed by atoms with Crippen molar-refractivity contribution in [2.24, 2.45) is 0 Å². The zero-order valence-electron chi connectivity index (χ0n) is 13.7. The number of hydrogen-bond donors (Lipinski definition) is 1. The first-order valence-corrected chi connectivity index (χ1v) is 7.81. The normalized spacial score (nSPS) is 11.5. The van der Waals surface area contributed by atoms with Crippen LogP contribution in [0.4, 0.5) is 5.69 Å². The van der Waals surface area contributed by atoms with Crippen LogP contribution >= 0.6 is 0 Å². The van der Waals surface area contributed by atoms with Gasteiger partial charge in [0, 0.05) is 23.9 Å². The summed E-state index contributed by atoms with van der Waals surface area (Å²) in [4.78, 5) is 0. The van der Waals surface area contributed by atoms with E-state index in [1.807, 2.05) is 28.4 Å². The van der Waals surface area contributed by atoms with E-state index in [0.29, 0.717) is 0 Å². The number of nitrogens with zero attached hydrogens (tertiary/aromatic N) is 4. The topological polar surface area (TPSA) is 61.1 Å². The number of unbranched alkanes of at least 4 members (excludes halogenated alkanes) is 1. The Morgan fingerprint density at radius 3 is 2.68 bits per heavy atom. The van der Waals surface area contributed by atoms with E-state index in [2.05, 4.69) is 31.9 Å². The number of hydrogen-bond acceptors (Lipinski definition) is 3. The highest BCUT2D eigenvalue weighted by atomic mass is 15.4. The van der Waals surface area contributed by atoms with E-state index < -0.39 is 0 Å². The average Bonchev–Trinajstić information content (AvgIpc) is 3.07. The molecule has 0 spiro atoms. The number of anilines is 1. The van der Waals surface area contributed by atoms with Crippen LogP contribution in [0.2, 0.25) is 0 Å². The summed E-state index contributed by atoms with van der Waals surface area (Å²) < 4.78 is 3.96. The third-order valence-electron chi connectivity index (χ3n) is 4.28. The molecule has 1 aromatic carbocycles. The largest absolute Gasteiger partial charge is 0.398 e. The minimum Gasteiger partial charge on any atom is -0.398 e. The highest BCUT2D eigenvalue weighted by molar-refractivity contribution is 5.74. The minimum absolute atomic E-state index is 0.837. The summed E-state index contributed by atoms with van der Waals surface area (Å²) in [5.74, 6) is 0.873. The van der Waals surface area contributed by atoms with Crippen LogP contribution in [0.1, 0.15) is 36.5 Å². The number of nitrogens with two attached hydrogens (primary N) is 1. The molecule has 0 amide bonds. The lowest BCUT2D eigenvalue weighted by molar-refractivity contribution is 0.589. The summed E-state index contributed by atoms with van der Waals surface area (Å²) in [6, 6.07) is 4.13. The zero-order valence-corrected chi connectivity index (χ0v) is 13.7. The molecule has 5 heteroatoms. The number of rotatable bonds is 4. The molecular formula is C17H23N5. The summed E-state index contributed by atoms with van der Waals surface area (Å²) in [5.41, 5.74) is 12.6. The summed E-state index contributed by atoms with van der Waals surface area (Å²) >= 11 is 0. The van der Waals surface area contributed by atoms with Gasteiger partial charge in [0.1, 0.15) is 0 Å². The summed E-state index contributed by atoms with van der Waals surface area (Å²) in [6.07, 6.45) is 4.08. The first kappa shape index (κ1) is 14.6. The molecule has 2 N–H and O–H groups in total. The van der Waals surface area contributed by atoms with Crippen molar-refractivity contribution in [3.8, 4) is 11.4 Å². The molecule has 0 radical (unpaired) electrons. The Balaban J connectivity index is 2.23. The summed E-state index contributed by atoms with van der Waals surface area (Å²) in [5, 5.41) is 9.26. The number of fused-ring (bicyclic) bond motifs is 1. The molecule has 0 atom stereocenters.